The Hall–Kier alpha value is -3.48. The summed E-state index contributed by atoms with van der Waals surface area (Å²) < 4.78 is 0. The molecule has 52 heavy (non-hydrogen) atoms. The Bertz CT molecular complexity index is 1220. The largest absolute Gasteiger partial charge is 0.378 e. The quantitative estimate of drug-likeness (QED) is 0.251. The molecule has 7 aliphatic rings. The molecule has 7 heteroatoms. The van der Waals surface area contributed by atoms with Gasteiger partial charge in [0.2, 0.25) is 0 Å². The van der Waals surface area contributed by atoms with Crippen LogP contribution in [0.15, 0.2) is 93.6 Å². The van der Waals surface area contributed by atoms with Gasteiger partial charge < -0.3 is 14.7 Å². The van der Waals surface area contributed by atoms with Crippen LogP contribution in [-0.4, -0.2) is 84.9 Å². The van der Waals surface area contributed by atoms with E-state index < -0.39 is 0 Å². The monoisotopic (exact) mass is 716 g/mol. The second kappa shape index (κ2) is 30.0. The van der Waals surface area contributed by atoms with Crippen molar-refractivity contribution in [3.05, 3.63) is 73.7 Å². The van der Waals surface area contributed by atoms with E-state index in [9.17, 15) is 0 Å². The zero-order valence-corrected chi connectivity index (χ0v) is 34.7. The fourth-order valence-corrected chi connectivity index (χ4v) is 5.66. The molecule has 0 amide bonds. The van der Waals surface area contributed by atoms with Crippen LogP contribution in [0, 0.1) is 0 Å². The zero-order valence-electron chi connectivity index (χ0n) is 34.7. The van der Waals surface area contributed by atoms with Crippen molar-refractivity contribution in [3.8, 4) is 0 Å². The zero-order chi connectivity index (χ0) is 38.4. The molecule has 7 rings (SSSR count). The first-order valence-corrected chi connectivity index (χ1v) is 20.2. The second-order valence-electron chi connectivity index (χ2n) is 14.8. The number of rotatable bonds is 0. The first-order chi connectivity index (χ1) is 25.0. The molecular weight excluding hydrogens is 639 g/mol. The number of likely N-dealkylation sites (tertiary alicyclic amines) is 1. The van der Waals surface area contributed by atoms with Gasteiger partial charge in [-0.05, 0) is 162 Å². The number of piperidine rings is 1. The minimum Gasteiger partial charge on any atom is -0.378 e. The third-order valence-corrected chi connectivity index (χ3v) is 9.75. The van der Waals surface area contributed by atoms with Gasteiger partial charge in [-0.25, -0.2) is 0 Å². The summed E-state index contributed by atoms with van der Waals surface area (Å²) >= 11 is 0. The molecule has 7 aliphatic heterocycles. The number of allylic oxidation sites excluding steroid dienone is 6. The average Bonchev–Trinajstić information content (AvgIpc) is 3.15. The smallest absolute Gasteiger partial charge is 0.0467 e. The molecule has 292 valence electrons. The van der Waals surface area contributed by atoms with Crippen LogP contribution in [0.4, 0.5) is 0 Å². The number of hydrogen-bond acceptors (Lipinski definition) is 7. The van der Waals surface area contributed by atoms with Gasteiger partial charge in [0.1, 0.15) is 0 Å². The molecule has 0 spiro atoms. The maximum absolute atomic E-state index is 4.25. The van der Waals surface area contributed by atoms with Crippen LogP contribution < -0.4 is 0 Å². The van der Waals surface area contributed by atoms with Gasteiger partial charge in [0, 0.05) is 87.2 Å². The molecule has 0 aromatic heterocycles. The maximum Gasteiger partial charge on any atom is 0.0467 e. The molecule has 2 atom stereocenters. The lowest BCUT2D eigenvalue weighted by atomic mass is 10.1. The van der Waals surface area contributed by atoms with E-state index in [1.165, 1.54) is 113 Å². The Morgan fingerprint density at radius 3 is 1.71 bits per heavy atom. The predicted molar refractivity (Wildman–Crippen MR) is 233 cm³/mol. The molecule has 0 bridgehead atoms. The van der Waals surface area contributed by atoms with Crippen LogP contribution in [0.1, 0.15) is 143 Å². The van der Waals surface area contributed by atoms with Crippen LogP contribution in [-0.2, 0) is 0 Å². The van der Waals surface area contributed by atoms with E-state index in [1.54, 1.807) is 0 Å². The summed E-state index contributed by atoms with van der Waals surface area (Å²) in [5.74, 6) is 0. The molecule has 7 nitrogen and oxygen atoms in total. The second-order valence-corrected chi connectivity index (χ2v) is 14.8. The molecule has 0 aliphatic carbocycles. The molecule has 0 radical (unpaired) electrons. The number of hydrogen-bond donors (Lipinski definition) is 0. The van der Waals surface area contributed by atoms with Crippen LogP contribution in [0.2, 0.25) is 0 Å². The van der Waals surface area contributed by atoms with E-state index in [4.69, 9.17) is 0 Å². The van der Waals surface area contributed by atoms with Crippen molar-refractivity contribution in [3.63, 3.8) is 0 Å². The van der Waals surface area contributed by atoms with Crippen molar-refractivity contribution in [1.29, 1.82) is 0 Å². The van der Waals surface area contributed by atoms with E-state index in [2.05, 4.69) is 127 Å². The average molecular weight is 716 g/mol. The predicted octanol–water partition coefficient (Wildman–Crippen LogP) is 11.7. The molecule has 7 heterocycles. The molecule has 2 unspecified atom stereocenters. The Morgan fingerprint density at radius 1 is 0.654 bits per heavy atom. The van der Waals surface area contributed by atoms with Gasteiger partial charge in [0.25, 0.3) is 0 Å². The fourth-order valence-electron chi connectivity index (χ4n) is 5.66. The normalized spacial score (nSPS) is 23.1. The van der Waals surface area contributed by atoms with E-state index in [1.807, 2.05) is 25.7 Å². The molecule has 0 saturated carbocycles. The topological polar surface area (TPSA) is 59.2 Å². The van der Waals surface area contributed by atoms with Crippen molar-refractivity contribution < 1.29 is 0 Å². The molecular formula is C45H77N7. The van der Waals surface area contributed by atoms with E-state index in [0.29, 0.717) is 6.04 Å². The lowest BCUT2D eigenvalue weighted by molar-refractivity contribution is 0.319. The highest BCUT2D eigenvalue weighted by Crippen LogP contribution is 2.16. The molecule has 0 aromatic carbocycles. The summed E-state index contributed by atoms with van der Waals surface area (Å²) in [5, 5.41) is 0. The number of aliphatic imine (C=N–C) groups is 4. The molecule has 0 N–H and O–H groups in total. The van der Waals surface area contributed by atoms with Crippen LogP contribution >= 0.6 is 0 Å². The van der Waals surface area contributed by atoms with Crippen LogP contribution in [0.5, 0.6) is 0 Å². The number of nitrogens with zero attached hydrogens (tertiary/aromatic N) is 7. The first kappa shape index (κ1) is 46.5. The Balaban J connectivity index is 0.000000304. The maximum atomic E-state index is 4.25. The van der Waals surface area contributed by atoms with Crippen molar-refractivity contribution in [2.75, 3.05) is 34.2 Å². The summed E-state index contributed by atoms with van der Waals surface area (Å²) in [7, 11) is 6.26. The minimum atomic E-state index is 0.605. The standard InChI is InChI=1S/2C7H13N.C7H11N.2C6H11N.2C6H9N/c3*1-7-5-3-4-6-8(7)2;4*1-6-4-2-3-5-7-6/h4,6-7H,3,5H2,1-2H3;1,3-6H2,2H3;4,6H,1,3,5H2,2H3;2-5H2,1H3;5-6H,2-4H2,1H3;3,5H,2,4H2,1H3;5H,1-4H2. The van der Waals surface area contributed by atoms with Gasteiger partial charge in [0.05, 0.1) is 0 Å². The SMILES string of the molecule is C=C1CCC=CN1C.C=C1CCCC=N1.C=C1CCCCN1C.CC1=NC=CCC1.CC1=NCCCC1.CC1CCC=CN1C.CC1CCCC=N1. The summed E-state index contributed by atoms with van der Waals surface area (Å²) in [6.07, 6.45) is 38.8. The lowest BCUT2D eigenvalue weighted by Gasteiger charge is -2.26. The minimum absolute atomic E-state index is 0.605. The molecule has 1 saturated heterocycles. The van der Waals surface area contributed by atoms with Gasteiger partial charge in [-0.3, -0.25) is 20.0 Å². The molecule has 1 fully saturated rings. The highest BCUT2D eigenvalue weighted by molar-refractivity contribution is 5.83. The Kier molecular flexibility index (Phi) is 26.9. The van der Waals surface area contributed by atoms with Crippen molar-refractivity contribution in [1.82, 2.24) is 14.7 Å². The first-order valence-electron chi connectivity index (χ1n) is 20.2. The van der Waals surface area contributed by atoms with Gasteiger partial charge in [-0.1, -0.05) is 38.0 Å². The van der Waals surface area contributed by atoms with Gasteiger partial charge in [-0.2, -0.15) is 0 Å². The third kappa shape index (κ3) is 25.5. The van der Waals surface area contributed by atoms with Crippen LogP contribution in [0.3, 0.4) is 0 Å². The Labute approximate surface area is 321 Å². The summed E-state index contributed by atoms with van der Waals surface area (Å²) in [5.41, 5.74) is 6.14. The van der Waals surface area contributed by atoms with Gasteiger partial charge in [0.15, 0.2) is 0 Å². The fraction of sp³-hybridized carbons (Fsp3) is 0.644. The van der Waals surface area contributed by atoms with Gasteiger partial charge in [-0.15, -0.1) is 0 Å². The summed E-state index contributed by atoms with van der Waals surface area (Å²) in [4.78, 5) is 23.1. The Morgan fingerprint density at radius 2 is 1.38 bits per heavy atom. The van der Waals surface area contributed by atoms with Gasteiger partial charge >= 0.3 is 0 Å². The summed E-state index contributed by atoms with van der Waals surface area (Å²) in [6, 6.07) is 1.36. The lowest BCUT2D eigenvalue weighted by Crippen LogP contribution is -2.25. The van der Waals surface area contributed by atoms with E-state index in [0.717, 1.165) is 50.4 Å². The van der Waals surface area contributed by atoms with Crippen molar-refractivity contribution in [2.45, 2.75) is 155 Å². The van der Waals surface area contributed by atoms with Crippen molar-refractivity contribution in [2.24, 2.45) is 20.0 Å². The molecule has 0 aromatic rings. The van der Waals surface area contributed by atoms with E-state index in [-0.39, 0.29) is 0 Å². The van der Waals surface area contributed by atoms with Crippen LogP contribution in [0.25, 0.3) is 0 Å². The highest BCUT2D eigenvalue weighted by atomic mass is 15.1. The van der Waals surface area contributed by atoms with E-state index >= 15 is 0 Å². The third-order valence-electron chi connectivity index (χ3n) is 9.75. The van der Waals surface area contributed by atoms with Crippen molar-refractivity contribution >= 4 is 23.9 Å². The summed E-state index contributed by atoms with van der Waals surface area (Å²) in [6.45, 7) is 22.4. The highest BCUT2D eigenvalue weighted by Gasteiger charge is 2.07.